The van der Waals surface area contributed by atoms with Crippen LogP contribution in [0.3, 0.4) is 0 Å². The molecule has 4 nitrogen and oxygen atoms in total. The number of nitrogens with one attached hydrogen (secondary N) is 1. The number of nitrogens with zero attached hydrogens (tertiary/aromatic N) is 2. The minimum Gasteiger partial charge on any atom is -0.351 e. The number of thiophene rings is 1. The smallest absolute Gasteiger partial charge is 0.252 e. The molecule has 7 heteroatoms. The van der Waals surface area contributed by atoms with Gasteiger partial charge in [-0.05, 0) is 36.9 Å². The molecule has 0 bridgehead atoms. The molecule has 0 atom stereocenters. The van der Waals surface area contributed by atoms with E-state index in [1.54, 1.807) is 0 Å². The molecule has 2 aromatic heterocycles. The lowest BCUT2D eigenvalue weighted by molar-refractivity contribution is 0.0938. The van der Waals surface area contributed by atoms with Crippen LogP contribution in [0.4, 0.5) is 4.39 Å². The molecule has 1 N–H and O–H groups in total. The van der Waals surface area contributed by atoms with E-state index in [2.05, 4.69) is 15.3 Å². The molecular formula is C16H17ClFN3OS. The highest BCUT2D eigenvalue weighted by atomic mass is 35.5. The van der Waals surface area contributed by atoms with Crippen molar-refractivity contribution in [2.75, 3.05) is 6.54 Å². The Hall–Kier alpha value is -1.53. The topological polar surface area (TPSA) is 54.9 Å². The van der Waals surface area contributed by atoms with Crippen molar-refractivity contribution < 1.29 is 9.18 Å². The molecule has 1 amide bonds. The zero-order chi connectivity index (χ0) is 16.8. The highest BCUT2D eigenvalue weighted by Crippen LogP contribution is 2.55. The predicted octanol–water partition coefficient (Wildman–Crippen LogP) is 4.11. The van der Waals surface area contributed by atoms with Crippen molar-refractivity contribution in [3.8, 4) is 10.6 Å². The Bertz CT molecular complexity index is 786. The summed E-state index contributed by atoms with van der Waals surface area (Å²) in [5.41, 5.74) is 1.69. The van der Waals surface area contributed by atoms with Gasteiger partial charge in [-0.15, -0.1) is 11.3 Å². The fraction of sp³-hybridized carbons (Fsp3) is 0.438. The van der Waals surface area contributed by atoms with Gasteiger partial charge in [0.05, 0.1) is 16.6 Å². The fourth-order valence-corrected chi connectivity index (χ4v) is 4.54. The Kier molecular flexibility index (Phi) is 4.14. The van der Waals surface area contributed by atoms with Gasteiger partial charge >= 0.3 is 0 Å². The lowest BCUT2D eigenvalue weighted by atomic mass is 9.93. The molecule has 0 unspecified atom stereocenters. The first-order valence-electron chi connectivity index (χ1n) is 7.62. The molecule has 122 valence electrons. The maximum atomic E-state index is 14.0. The van der Waals surface area contributed by atoms with Crippen molar-refractivity contribution in [1.29, 1.82) is 0 Å². The van der Waals surface area contributed by atoms with Crippen LogP contribution in [0.15, 0.2) is 6.20 Å². The molecule has 3 heterocycles. The summed E-state index contributed by atoms with van der Waals surface area (Å²) < 4.78 is 14.0. The number of amides is 1. The number of carbonyl (C=O) groups excluding carboxylic acids is 1. The highest BCUT2D eigenvalue weighted by Gasteiger charge is 2.51. The summed E-state index contributed by atoms with van der Waals surface area (Å²) in [5, 5.41) is 2.94. The van der Waals surface area contributed by atoms with Crippen LogP contribution in [0.1, 0.15) is 47.5 Å². The Morgan fingerprint density at radius 2 is 2.09 bits per heavy atom. The Labute approximate surface area is 143 Å². The van der Waals surface area contributed by atoms with E-state index in [-0.39, 0.29) is 22.3 Å². The monoisotopic (exact) mass is 353 g/mol. The third-order valence-corrected chi connectivity index (χ3v) is 5.95. The summed E-state index contributed by atoms with van der Waals surface area (Å²) in [7, 11) is 0. The first-order chi connectivity index (χ1) is 11.0. The van der Waals surface area contributed by atoms with Crippen molar-refractivity contribution in [1.82, 2.24) is 15.3 Å². The van der Waals surface area contributed by atoms with Crippen LogP contribution < -0.4 is 5.32 Å². The standard InChI is InChI=1S/C14H11ClFN3OS.C2H6/c1-6-8-11(14(2-3-14)5-18-12(8)20)21-10(6)9-7(16)4-17-13(15)19-9;1-2/h4H,2-3,5H2,1H3,(H,18,20);1-2H3. The molecule has 23 heavy (non-hydrogen) atoms. The zero-order valence-corrected chi connectivity index (χ0v) is 14.7. The van der Waals surface area contributed by atoms with Crippen molar-refractivity contribution in [3.63, 3.8) is 0 Å². The van der Waals surface area contributed by atoms with Gasteiger partial charge in [0, 0.05) is 16.8 Å². The second-order valence-electron chi connectivity index (χ2n) is 5.56. The minimum absolute atomic E-state index is 0.00255. The Morgan fingerprint density at radius 1 is 1.39 bits per heavy atom. The molecule has 2 aromatic rings. The number of rotatable bonds is 1. The van der Waals surface area contributed by atoms with Crippen LogP contribution in [0.2, 0.25) is 5.28 Å². The number of carbonyl (C=O) groups is 1. The second kappa shape index (κ2) is 5.83. The van der Waals surface area contributed by atoms with E-state index < -0.39 is 5.82 Å². The van der Waals surface area contributed by atoms with Gasteiger partial charge in [-0.3, -0.25) is 4.79 Å². The quantitative estimate of drug-likeness (QED) is 0.785. The van der Waals surface area contributed by atoms with E-state index in [1.165, 1.54) is 11.3 Å². The van der Waals surface area contributed by atoms with Gasteiger partial charge < -0.3 is 5.32 Å². The average Bonchev–Trinajstić information content (AvgIpc) is 3.25. The first-order valence-corrected chi connectivity index (χ1v) is 8.82. The summed E-state index contributed by atoms with van der Waals surface area (Å²) in [6, 6.07) is 0. The third-order valence-electron chi connectivity index (χ3n) is 4.23. The number of aromatic nitrogens is 2. The van der Waals surface area contributed by atoms with E-state index in [4.69, 9.17) is 11.6 Å². The van der Waals surface area contributed by atoms with E-state index in [1.807, 2.05) is 20.8 Å². The normalized spacial score (nSPS) is 17.2. The molecule has 0 aromatic carbocycles. The molecular weight excluding hydrogens is 337 g/mol. The number of hydrogen-bond donors (Lipinski definition) is 1. The molecule has 1 spiro atoms. The van der Waals surface area contributed by atoms with Crippen molar-refractivity contribution in [3.05, 3.63) is 33.3 Å². The highest BCUT2D eigenvalue weighted by molar-refractivity contribution is 7.16. The summed E-state index contributed by atoms with van der Waals surface area (Å²) in [6.45, 7) is 6.51. The van der Waals surface area contributed by atoms with E-state index in [9.17, 15) is 9.18 Å². The lowest BCUT2D eigenvalue weighted by Gasteiger charge is -2.22. The van der Waals surface area contributed by atoms with Crippen LogP contribution in [-0.2, 0) is 5.41 Å². The van der Waals surface area contributed by atoms with Crippen LogP contribution in [0.25, 0.3) is 10.6 Å². The van der Waals surface area contributed by atoms with Gasteiger partial charge in [-0.1, -0.05) is 13.8 Å². The predicted molar refractivity (Wildman–Crippen MR) is 89.6 cm³/mol. The summed E-state index contributed by atoms with van der Waals surface area (Å²) in [4.78, 5) is 21.5. The van der Waals surface area contributed by atoms with Crippen LogP contribution in [0, 0.1) is 12.7 Å². The molecule has 4 rings (SSSR count). The van der Waals surface area contributed by atoms with Gasteiger partial charge in [-0.2, -0.15) is 0 Å². The zero-order valence-electron chi connectivity index (χ0n) is 13.2. The molecule has 1 aliphatic carbocycles. The van der Waals surface area contributed by atoms with Crippen LogP contribution in [-0.4, -0.2) is 22.4 Å². The van der Waals surface area contributed by atoms with Crippen LogP contribution >= 0.6 is 22.9 Å². The van der Waals surface area contributed by atoms with Crippen molar-refractivity contribution in [2.45, 2.75) is 39.0 Å². The molecule has 2 aliphatic rings. The van der Waals surface area contributed by atoms with E-state index >= 15 is 0 Å². The second-order valence-corrected chi connectivity index (χ2v) is 6.92. The Morgan fingerprint density at radius 3 is 2.74 bits per heavy atom. The summed E-state index contributed by atoms with van der Waals surface area (Å²) in [5.74, 6) is -0.602. The largest absolute Gasteiger partial charge is 0.351 e. The number of halogens is 2. The van der Waals surface area contributed by atoms with Gasteiger partial charge in [0.1, 0.15) is 5.69 Å². The van der Waals surface area contributed by atoms with Gasteiger partial charge in [0.25, 0.3) is 5.91 Å². The van der Waals surface area contributed by atoms with E-state index in [0.717, 1.165) is 29.5 Å². The third kappa shape index (κ3) is 2.54. The maximum absolute atomic E-state index is 14.0. The SMILES string of the molecule is CC.Cc1c(-c2nc(Cl)ncc2F)sc2c1C(=O)NCC21CC1. The van der Waals surface area contributed by atoms with Crippen molar-refractivity contribution >= 4 is 28.8 Å². The van der Waals surface area contributed by atoms with Gasteiger partial charge in [0.15, 0.2) is 5.82 Å². The molecule has 1 aliphatic heterocycles. The minimum atomic E-state index is -0.522. The number of fused-ring (bicyclic) bond motifs is 2. The van der Waals surface area contributed by atoms with Gasteiger partial charge in [-0.25, -0.2) is 14.4 Å². The fourth-order valence-electron chi connectivity index (χ4n) is 2.86. The van der Waals surface area contributed by atoms with Crippen molar-refractivity contribution in [2.24, 2.45) is 0 Å². The van der Waals surface area contributed by atoms with E-state index in [0.29, 0.717) is 17.0 Å². The molecule has 1 saturated carbocycles. The van der Waals surface area contributed by atoms with Gasteiger partial charge in [0.2, 0.25) is 5.28 Å². The maximum Gasteiger partial charge on any atom is 0.252 e. The Balaban J connectivity index is 0.000000753. The average molecular weight is 354 g/mol. The first kappa shape index (κ1) is 16.3. The summed E-state index contributed by atoms with van der Waals surface area (Å²) >= 11 is 7.24. The molecule has 0 radical (unpaired) electrons. The molecule has 1 fully saturated rings. The summed E-state index contributed by atoms with van der Waals surface area (Å²) in [6.07, 6.45) is 3.19. The molecule has 0 saturated heterocycles. The van der Waals surface area contributed by atoms with Crippen LogP contribution in [0.5, 0.6) is 0 Å². The lowest BCUT2D eigenvalue weighted by Crippen LogP contribution is -2.38. The number of hydrogen-bond acceptors (Lipinski definition) is 4.